The lowest BCUT2D eigenvalue weighted by Crippen LogP contribution is -2.00. The minimum atomic E-state index is -2.66. The van der Waals surface area contributed by atoms with Crippen LogP contribution < -0.4 is 0 Å². The van der Waals surface area contributed by atoms with Crippen molar-refractivity contribution in [1.82, 2.24) is 4.98 Å². The molecule has 0 aliphatic heterocycles. The summed E-state index contributed by atoms with van der Waals surface area (Å²) in [5.41, 5.74) is 0.0521. The molecule has 0 spiro atoms. The van der Waals surface area contributed by atoms with Gasteiger partial charge in [-0.15, -0.1) is 0 Å². The first-order valence-corrected chi connectivity index (χ1v) is 3.99. The third-order valence-electron chi connectivity index (χ3n) is 1.67. The number of rotatable bonds is 2. The Kier molecular flexibility index (Phi) is 3.17. The molecule has 1 rings (SSSR count). The van der Waals surface area contributed by atoms with Gasteiger partial charge in [0.05, 0.1) is 12.3 Å². The van der Waals surface area contributed by atoms with Gasteiger partial charge in [-0.1, -0.05) is 11.6 Å². The lowest BCUT2D eigenvalue weighted by Gasteiger charge is -2.07. The van der Waals surface area contributed by atoms with Crippen LogP contribution in [0.3, 0.4) is 0 Å². The third kappa shape index (κ3) is 2.14. The maximum absolute atomic E-state index is 12.3. The molecule has 0 aromatic carbocycles. The molecule has 1 aromatic rings. The number of hydrogen-bond donors (Lipinski definition) is 1. The summed E-state index contributed by atoms with van der Waals surface area (Å²) in [6.07, 6.45) is -2.66. The van der Waals surface area contributed by atoms with Crippen LogP contribution in [-0.4, -0.2) is 10.1 Å². The number of aliphatic hydroxyl groups is 1. The summed E-state index contributed by atoms with van der Waals surface area (Å²) in [6, 6.07) is 1.38. The lowest BCUT2D eigenvalue weighted by atomic mass is 10.2. The van der Waals surface area contributed by atoms with Crippen molar-refractivity contribution in [2.75, 3.05) is 0 Å². The van der Waals surface area contributed by atoms with E-state index >= 15 is 0 Å². The predicted octanol–water partition coefficient (Wildman–Crippen LogP) is 2.47. The monoisotopic (exact) mass is 207 g/mol. The highest BCUT2D eigenvalue weighted by atomic mass is 35.5. The summed E-state index contributed by atoms with van der Waals surface area (Å²) in [5.74, 6) is 0. The molecule has 0 saturated carbocycles. The fourth-order valence-electron chi connectivity index (χ4n) is 0.941. The largest absolute Gasteiger partial charge is 0.390 e. The molecule has 1 N–H and O–H groups in total. The highest BCUT2D eigenvalue weighted by Crippen LogP contribution is 2.26. The third-order valence-corrected chi connectivity index (χ3v) is 2.06. The molecule has 0 saturated heterocycles. The highest BCUT2D eigenvalue weighted by molar-refractivity contribution is 6.31. The Balaban J connectivity index is 3.25. The zero-order chi connectivity index (χ0) is 10.0. The number of halogens is 3. The van der Waals surface area contributed by atoms with Crippen LogP contribution in [0.5, 0.6) is 0 Å². The van der Waals surface area contributed by atoms with E-state index in [1.54, 1.807) is 0 Å². The smallest absolute Gasteiger partial charge is 0.280 e. The normalized spacial score (nSPS) is 10.9. The van der Waals surface area contributed by atoms with Crippen molar-refractivity contribution in [3.8, 4) is 0 Å². The van der Waals surface area contributed by atoms with E-state index in [1.807, 2.05) is 0 Å². The van der Waals surface area contributed by atoms with E-state index in [9.17, 15) is 8.78 Å². The van der Waals surface area contributed by atoms with Crippen LogP contribution in [0.2, 0.25) is 5.02 Å². The quantitative estimate of drug-likeness (QED) is 0.808. The molecule has 13 heavy (non-hydrogen) atoms. The second-order valence-corrected chi connectivity index (χ2v) is 2.97. The Labute approximate surface area is 79.2 Å². The molecular weight excluding hydrogens is 200 g/mol. The Bertz CT molecular complexity index is 317. The molecule has 5 heteroatoms. The maximum atomic E-state index is 12.3. The molecule has 1 heterocycles. The molecule has 0 unspecified atom stereocenters. The van der Waals surface area contributed by atoms with Crippen LogP contribution in [0.25, 0.3) is 0 Å². The van der Waals surface area contributed by atoms with E-state index < -0.39 is 6.43 Å². The van der Waals surface area contributed by atoms with Crippen molar-refractivity contribution >= 4 is 11.6 Å². The number of pyridine rings is 1. The molecule has 0 radical (unpaired) electrons. The molecule has 0 aliphatic rings. The summed E-state index contributed by atoms with van der Waals surface area (Å²) in [6.45, 7) is 1.08. The van der Waals surface area contributed by atoms with Gasteiger partial charge in [-0.05, 0) is 18.6 Å². The molecule has 0 atom stereocenters. The Morgan fingerprint density at radius 1 is 1.62 bits per heavy atom. The summed E-state index contributed by atoms with van der Waals surface area (Å²) in [5, 5.41) is 8.90. The van der Waals surface area contributed by atoms with Crippen molar-refractivity contribution in [2.45, 2.75) is 20.0 Å². The topological polar surface area (TPSA) is 33.1 Å². The van der Waals surface area contributed by atoms with Crippen molar-refractivity contribution in [3.63, 3.8) is 0 Å². The maximum Gasteiger partial charge on any atom is 0.280 e. The minimum Gasteiger partial charge on any atom is -0.390 e. The number of alkyl halides is 2. The van der Waals surface area contributed by atoms with Gasteiger partial charge in [0, 0.05) is 5.02 Å². The van der Waals surface area contributed by atoms with Crippen LogP contribution in [0, 0.1) is 6.92 Å². The van der Waals surface area contributed by atoms with Crippen molar-refractivity contribution in [2.24, 2.45) is 0 Å². The Morgan fingerprint density at radius 3 is 2.69 bits per heavy atom. The first-order valence-electron chi connectivity index (χ1n) is 3.61. The first-order chi connectivity index (χ1) is 6.06. The van der Waals surface area contributed by atoms with E-state index in [2.05, 4.69) is 4.98 Å². The van der Waals surface area contributed by atoms with Crippen LogP contribution >= 0.6 is 11.6 Å². The van der Waals surface area contributed by atoms with Crippen LogP contribution in [-0.2, 0) is 6.61 Å². The van der Waals surface area contributed by atoms with Crippen LogP contribution in [0.1, 0.15) is 23.4 Å². The van der Waals surface area contributed by atoms with Gasteiger partial charge in [0.25, 0.3) is 6.43 Å². The molecule has 0 aliphatic carbocycles. The fourth-order valence-corrected chi connectivity index (χ4v) is 1.16. The molecule has 72 valence electrons. The van der Waals surface area contributed by atoms with Crippen LogP contribution in [0.4, 0.5) is 8.78 Å². The van der Waals surface area contributed by atoms with Gasteiger partial charge in [0.15, 0.2) is 0 Å². The Hall–Kier alpha value is -0.740. The standard InChI is InChI=1S/C8H8ClF2NO/c1-4-6(9)2-5(3-13)12-7(4)8(10)11/h2,8,13H,3H2,1H3. The summed E-state index contributed by atoms with van der Waals surface area (Å²) < 4.78 is 24.6. The van der Waals surface area contributed by atoms with Gasteiger partial charge in [-0.25, -0.2) is 13.8 Å². The van der Waals surface area contributed by atoms with Gasteiger partial charge >= 0.3 is 0 Å². The Morgan fingerprint density at radius 2 is 2.23 bits per heavy atom. The number of nitrogens with zero attached hydrogens (tertiary/aromatic N) is 1. The molecule has 0 bridgehead atoms. The molecular formula is C8H8ClF2NO. The average molecular weight is 208 g/mol. The van der Waals surface area contributed by atoms with Gasteiger partial charge in [-0.2, -0.15) is 0 Å². The average Bonchev–Trinajstić information content (AvgIpc) is 2.09. The first kappa shape index (κ1) is 10.3. The molecule has 1 aromatic heterocycles. The minimum absolute atomic E-state index is 0.158. The zero-order valence-electron chi connectivity index (χ0n) is 6.89. The second-order valence-electron chi connectivity index (χ2n) is 2.56. The lowest BCUT2D eigenvalue weighted by molar-refractivity contribution is 0.144. The number of aromatic nitrogens is 1. The van der Waals surface area contributed by atoms with Gasteiger partial charge in [0.2, 0.25) is 0 Å². The van der Waals surface area contributed by atoms with E-state index in [1.165, 1.54) is 13.0 Å². The number of aliphatic hydroxyl groups excluding tert-OH is 1. The fraction of sp³-hybridized carbons (Fsp3) is 0.375. The van der Waals surface area contributed by atoms with Gasteiger partial charge < -0.3 is 5.11 Å². The van der Waals surface area contributed by atoms with Crippen molar-refractivity contribution < 1.29 is 13.9 Å². The molecule has 0 fully saturated rings. The van der Waals surface area contributed by atoms with E-state index in [4.69, 9.17) is 16.7 Å². The van der Waals surface area contributed by atoms with Gasteiger partial charge in [0.1, 0.15) is 5.69 Å². The van der Waals surface area contributed by atoms with E-state index in [-0.39, 0.29) is 28.6 Å². The molecule has 0 amide bonds. The predicted molar refractivity (Wildman–Crippen MR) is 44.9 cm³/mol. The summed E-state index contributed by atoms with van der Waals surface area (Å²) >= 11 is 5.66. The zero-order valence-corrected chi connectivity index (χ0v) is 7.65. The number of hydrogen-bond acceptors (Lipinski definition) is 2. The summed E-state index contributed by atoms with van der Waals surface area (Å²) in [7, 11) is 0. The van der Waals surface area contributed by atoms with Crippen LogP contribution in [0.15, 0.2) is 6.07 Å². The van der Waals surface area contributed by atoms with Crippen molar-refractivity contribution in [1.29, 1.82) is 0 Å². The van der Waals surface area contributed by atoms with Crippen molar-refractivity contribution in [3.05, 3.63) is 28.0 Å². The van der Waals surface area contributed by atoms with E-state index in [0.29, 0.717) is 0 Å². The van der Waals surface area contributed by atoms with Gasteiger partial charge in [-0.3, -0.25) is 0 Å². The summed E-state index contributed by atoms with van der Waals surface area (Å²) in [4.78, 5) is 3.57. The second kappa shape index (κ2) is 3.98. The highest BCUT2D eigenvalue weighted by Gasteiger charge is 2.15. The SMILES string of the molecule is Cc1c(Cl)cc(CO)nc1C(F)F. The molecule has 2 nitrogen and oxygen atoms in total. The van der Waals surface area contributed by atoms with E-state index in [0.717, 1.165) is 0 Å².